The van der Waals surface area contributed by atoms with Crippen molar-refractivity contribution in [2.45, 2.75) is 19.0 Å². The summed E-state index contributed by atoms with van der Waals surface area (Å²) in [5.74, 6) is 1.07. The van der Waals surface area contributed by atoms with Gasteiger partial charge in [0.2, 0.25) is 0 Å². The first-order chi connectivity index (χ1) is 9.72. The van der Waals surface area contributed by atoms with Crippen LogP contribution in [0.5, 0.6) is 0 Å². The van der Waals surface area contributed by atoms with Crippen LogP contribution in [0.2, 0.25) is 0 Å². The Labute approximate surface area is 117 Å². The Bertz CT molecular complexity index is 552. The van der Waals surface area contributed by atoms with Gasteiger partial charge in [0.05, 0.1) is 0 Å². The molecule has 2 fully saturated rings. The van der Waals surface area contributed by atoms with E-state index >= 15 is 0 Å². The zero-order valence-corrected chi connectivity index (χ0v) is 11.2. The van der Waals surface area contributed by atoms with Crippen molar-refractivity contribution in [1.29, 1.82) is 0 Å². The van der Waals surface area contributed by atoms with Crippen molar-refractivity contribution in [2.75, 3.05) is 19.6 Å². The Hall–Kier alpha value is -1.62. The van der Waals surface area contributed by atoms with E-state index in [2.05, 4.69) is 10.6 Å². The van der Waals surface area contributed by atoms with Crippen LogP contribution < -0.4 is 10.6 Å². The molecular weight excluding hydrogens is 257 g/mol. The molecule has 5 heteroatoms. The highest BCUT2D eigenvalue weighted by atomic mass is 19.1. The third-order valence-corrected chi connectivity index (χ3v) is 4.85. The van der Waals surface area contributed by atoms with E-state index in [1.54, 1.807) is 12.1 Å². The first-order valence-corrected chi connectivity index (χ1v) is 7.26. The van der Waals surface area contributed by atoms with E-state index < -0.39 is 0 Å². The molecule has 2 aliphatic heterocycles. The van der Waals surface area contributed by atoms with Crippen molar-refractivity contribution in [2.24, 2.45) is 11.8 Å². The maximum atomic E-state index is 13.2. The first-order valence-electron chi connectivity index (χ1n) is 7.26. The smallest absolute Gasteiger partial charge is 0.317 e. The third-order valence-electron chi connectivity index (χ3n) is 4.85. The van der Waals surface area contributed by atoms with Gasteiger partial charge in [0.25, 0.3) is 0 Å². The molecule has 0 aromatic heterocycles. The van der Waals surface area contributed by atoms with E-state index in [1.165, 1.54) is 6.07 Å². The molecule has 20 heavy (non-hydrogen) atoms. The Morgan fingerprint density at radius 3 is 2.90 bits per heavy atom. The number of fused-ring (bicyclic) bond motifs is 2. The number of hydrogen-bond donors (Lipinski definition) is 2. The molecule has 3 aliphatic rings. The number of benzene rings is 1. The summed E-state index contributed by atoms with van der Waals surface area (Å²) in [5, 5.41) is 6.46. The fourth-order valence-corrected chi connectivity index (χ4v) is 3.56. The molecule has 2 heterocycles. The van der Waals surface area contributed by atoms with E-state index in [0.29, 0.717) is 31.0 Å². The lowest BCUT2D eigenvalue weighted by Crippen LogP contribution is -2.45. The summed E-state index contributed by atoms with van der Waals surface area (Å²) in [5.41, 5.74) is 2.09. The van der Waals surface area contributed by atoms with Gasteiger partial charge in [-0.1, -0.05) is 6.07 Å². The van der Waals surface area contributed by atoms with E-state index in [9.17, 15) is 9.18 Å². The number of urea groups is 1. The number of piperidine rings is 1. The van der Waals surface area contributed by atoms with Crippen LogP contribution in [0, 0.1) is 17.7 Å². The second kappa shape index (κ2) is 4.45. The molecule has 3 atom stereocenters. The number of amides is 2. The molecule has 0 radical (unpaired) electrons. The Kier molecular flexibility index (Phi) is 2.70. The molecule has 106 valence electrons. The Morgan fingerprint density at radius 1 is 1.30 bits per heavy atom. The first kappa shape index (κ1) is 12.1. The molecule has 1 saturated carbocycles. The summed E-state index contributed by atoms with van der Waals surface area (Å²) in [6.07, 6.45) is 0.736. The van der Waals surface area contributed by atoms with E-state index in [1.807, 2.05) is 4.90 Å². The average Bonchev–Trinajstić information content (AvgIpc) is 2.87. The molecule has 1 aromatic rings. The molecule has 1 aromatic carbocycles. The molecule has 4 nitrogen and oxygen atoms in total. The molecule has 4 rings (SSSR count). The minimum absolute atomic E-state index is 0.0272. The molecule has 0 bridgehead atoms. The zero-order valence-electron chi connectivity index (χ0n) is 11.2. The second-order valence-electron chi connectivity index (χ2n) is 6.05. The van der Waals surface area contributed by atoms with Crippen LogP contribution >= 0.6 is 0 Å². The van der Waals surface area contributed by atoms with Crippen molar-refractivity contribution >= 4 is 6.03 Å². The summed E-state index contributed by atoms with van der Waals surface area (Å²) < 4.78 is 13.2. The normalized spacial score (nSPS) is 30.6. The largest absolute Gasteiger partial charge is 0.335 e. The van der Waals surface area contributed by atoms with Crippen LogP contribution in [-0.2, 0) is 13.0 Å². The number of hydrogen-bond acceptors (Lipinski definition) is 2. The van der Waals surface area contributed by atoms with Gasteiger partial charge in [-0.2, -0.15) is 0 Å². The van der Waals surface area contributed by atoms with Gasteiger partial charge < -0.3 is 15.5 Å². The number of nitrogens with one attached hydrogen (secondary N) is 2. The number of carbonyl (C=O) groups is 1. The molecule has 1 aliphatic carbocycles. The van der Waals surface area contributed by atoms with Crippen molar-refractivity contribution in [3.63, 3.8) is 0 Å². The van der Waals surface area contributed by atoms with Gasteiger partial charge in [-0.15, -0.1) is 0 Å². The number of carbonyl (C=O) groups excluding carboxylic acids is 1. The highest BCUT2D eigenvalue weighted by molar-refractivity contribution is 5.75. The Balaban J connectivity index is 1.40. The molecule has 1 saturated heterocycles. The summed E-state index contributed by atoms with van der Waals surface area (Å²) in [6, 6.07) is 5.23. The SMILES string of the molecule is O=C(NC1[C@H]2CNC[C@@H]12)N1CCc2cc(F)ccc2C1. The third kappa shape index (κ3) is 1.97. The summed E-state index contributed by atoms with van der Waals surface area (Å²) >= 11 is 0. The zero-order chi connectivity index (χ0) is 13.7. The van der Waals surface area contributed by atoms with Crippen LogP contribution in [-0.4, -0.2) is 36.6 Å². The maximum absolute atomic E-state index is 13.2. The molecule has 2 N–H and O–H groups in total. The Morgan fingerprint density at radius 2 is 2.10 bits per heavy atom. The molecule has 1 unspecified atom stereocenters. The summed E-state index contributed by atoms with van der Waals surface area (Å²) in [6.45, 7) is 3.31. The predicted molar refractivity (Wildman–Crippen MR) is 72.7 cm³/mol. The number of rotatable bonds is 1. The van der Waals surface area contributed by atoms with E-state index in [4.69, 9.17) is 0 Å². The topological polar surface area (TPSA) is 44.4 Å². The van der Waals surface area contributed by atoms with Crippen LogP contribution in [0.15, 0.2) is 18.2 Å². The van der Waals surface area contributed by atoms with E-state index in [-0.39, 0.29) is 11.8 Å². The van der Waals surface area contributed by atoms with Gasteiger partial charge in [0.1, 0.15) is 5.82 Å². The standard InChI is InChI=1S/C15H18FN3O/c16-11-2-1-10-8-19(4-3-9(10)5-11)15(20)18-14-12-6-17-7-13(12)14/h1-2,5,12-14,17H,3-4,6-8H2,(H,18,20)/t12-,13+,14?. The monoisotopic (exact) mass is 275 g/mol. The maximum Gasteiger partial charge on any atom is 0.317 e. The van der Waals surface area contributed by atoms with Crippen molar-refractivity contribution < 1.29 is 9.18 Å². The summed E-state index contributed by atoms with van der Waals surface area (Å²) in [4.78, 5) is 14.1. The van der Waals surface area contributed by atoms with E-state index in [0.717, 1.165) is 30.6 Å². The number of nitrogens with zero attached hydrogens (tertiary/aromatic N) is 1. The quantitative estimate of drug-likeness (QED) is 0.806. The minimum atomic E-state index is -0.194. The van der Waals surface area contributed by atoms with Crippen LogP contribution in [0.3, 0.4) is 0 Å². The molecular formula is C15H18FN3O. The lowest BCUT2D eigenvalue weighted by molar-refractivity contribution is 0.190. The van der Waals surface area contributed by atoms with Crippen LogP contribution in [0.25, 0.3) is 0 Å². The molecule has 2 amide bonds. The molecule has 0 spiro atoms. The van der Waals surface area contributed by atoms with Crippen LogP contribution in [0.4, 0.5) is 9.18 Å². The minimum Gasteiger partial charge on any atom is -0.335 e. The van der Waals surface area contributed by atoms with Gasteiger partial charge in [0, 0.05) is 32.2 Å². The second-order valence-corrected chi connectivity index (χ2v) is 6.05. The van der Waals surface area contributed by atoms with Crippen molar-refractivity contribution in [3.05, 3.63) is 35.1 Å². The highest BCUT2D eigenvalue weighted by Crippen LogP contribution is 2.41. The van der Waals surface area contributed by atoms with Gasteiger partial charge in [-0.25, -0.2) is 9.18 Å². The van der Waals surface area contributed by atoms with Gasteiger partial charge in [-0.05, 0) is 41.5 Å². The fourth-order valence-electron chi connectivity index (χ4n) is 3.56. The number of halogens is 1. The summed E-state index contributed by atoms with van der Waals surface area (Å²) in [7, 11) is 0. The van der Waals surface area contributed by atoms with Gasteiger partial charge in [-0.3, -0.25) is 0 Å². The van der Waals surface area contributed by atoms with Gasteiger partial charge >= 0.3 is 6.03 Å². The average molecular weight is 275 g/mol. The van der Waals surface area contributed by atoms with Crippen molar-refractivity contribution in [3.8, 4) is 0 Å². The highest BCUT2D eigenvalue weighted by Gasteiger charge is 2.53. The van der Waals surface area contributed by atoms with Crippen molar-refractivity contribution in [1.82, 2.24) is 15.5 Å². The lowest BCUT2D eigenvalue weighted by Gasteiger charge is -2.29. The van der Waals surface area contributed by atoms with Gasteiger partial charge in [0.15, 0.2) is 0 Å². The lowest BCUT2D eigenvalue weighted by atomic mass is 10.00. The predicted octanol–water partition coefficient (Wildman–Crippen LogP) is 1.11. The fraction of sp³-hybridized carbons (Fsp3) is 0.533. The van der Waals surface area contributed by atoms with Crippen LogP contribution in [0.1, 0.15) is 11.1 Å².